The van der Waals surface area contributed by atoms with Gasteiger partial charge in [0.1, 0.15) is 19.8 Å². The minimum Gasteiger partial charge on any atom is -0.462 e. The van der Waals surface area contributed by atoms with Crippen molar-refractivity contribution in [1.82, 2.24) is 0 Å². The molecule has 0 heterocycles. The minimum absolute atomic E-state index is 0.0290. The zero-order chi connectivity index (χ0) is 42.8. The van der Waals surface area contributed by atoms with E-state index in [-0.39, 0.29) is 32.0 Å². The standard InChI is InChI=1S/C48H90NO8P/c1-6-8-10-12-14-16-18-20-22-23-24-25-27-29-31-33-35-37-39-41-48(51)57-46(45-56-58(52,53)55-43-42-49(3,4)5)44-54-47(50)40-38-36-34-32-30-28-26-21-19-17-15-13-11-9-7-2/h15,17,20-22,26,46H,6-14,16,18-19,23-25,27-45H2,1-5H3/p+1/b17-15+,22-20+,26-21+/t46-/m1/s1. The fourth-order valence-corrected chi connectivity index (χ4v) is 7.13. The number of esters is 2. The molecule has 0 spiro atoms. The summed E-state index contributed by atoms with van der Waals surface area (Å²) in [4.78, 5) is 35.4. The Morgan fingerprint density at radius 1 is 0.534 bits per heavy atom. The molecule has 0 bridgehead atoms. The molecule has 58 heavy (non-hydrogen) atoms. The maximum absolute atomic E-state index is 12.7. The average molecular weight is 841 g/mol. The topological polar surface area (TPSA) is 108 Å². The van der Waals surface area contributed by atoms with Gasteiger partial charge in [-0.1, -0.05) is 159 Å². The molecule has 9 nitrogen and oxygen atoms in total. The van der Waals surface area contributed by atoms with Crippen molar-refractivity contribution in [2.45, 2.75) is 213 Å². The van der Waals surface area contributed by atoms with Crippen molar-refractivity contribution in [3.05, 3.63) is 36.5 Å². The number of phosphoric ester groups is 1. The number of nitrogens with zero attached hydrogens (tertiary/aromatic N) is 1. The highest BCUT2D eigenvalue weighted by Gasteiger charge is 2.27. The number of hydrogen-bond acceptors (Lipinski definition) is 7. The molecular formula is C48H91NO8P+. The van der Waals surface area contributed by atoms with Gasteiger partial charge >= 0.3 is 19.8 Å². The number of unbranched alkanes of at least 4 members (excludes halogenated alkanes) is 23. The highest BCUT2D eigenvalue weighted by Crippen LogP contribution is 2.43. The lowest BCUT2D eigenvalue weighted by Gasteiger charge is -2.24. The van der Waals surface area contributed by atoms with Gasteiger partial charge in [-0.3, -0.25) is 18.6 Å². The summed E-state index contributed by atoms with van der Waals surface area (Å²) in [5.74, 6) is -0.813. The Kier molecular flexibility index (Phi) is 39.4. The average Bonchev–Trinajstić information content (AvgIpc) is 3.17. The van der Waals surface area contributed by atoms with Crippen LogP contribution in [0.3, 0.4) is 0 Å². The Hall–Kier alpha value is -1.77. The molecule has 0 radical (unpaired) electrons. The third-order valence-electron chi connectivity index (χ3n) is 10.1. The first-order valence-electron chi connectivity index (χ1n) is 23.7. The number of carbonyl (C=O) groups excluding carboxylic acids is 2. The van der Waals surface area contributed by atoms with Gasteiger partial charge in [0.25, 0.3) is 0 Å². The van der Waals surface area contributed by atoms with E-state index in [9.17, 15) is 19.0 Å². The van der Waals surface area contributed by atoms with E-state index in [4.69, 9.17) is 18.5 Å². The van der Waals surface area contributed by atoms with Crippen LogP contribution in [0.25, 0.3) is 0 Å². The molecule has 340 valence electrons. The van der Waals surface area contributed by atoms with Crippen molar-refractivity contribution in [2.75, 3.05) is 47.5 Å². The molecular weight excluding hydrogens is 750 g/mol. The first-order chi connectivity index (χ1) is 28.0. The second kappa shape index (κ2) is 40.6. The van der Waals surface area contributed by atoms with E-state index in [2.05, 4.69) is 50.3 Å². The third-order valence-corrected chi connectivity index (χ3v) is 11.1. The molecule has 10 heteroatoms. The molecule has 0 rings (SSSR count). The van der Waals surface area contributed by atoms with E-state index < -0.39 is 26.5 Å². The maximum Gasteiger partial charge on any atom is 0.472 e. The van der Waals surface area contributed by atoms with Gasteiger partial charge in [-0.25, -0.2) is 4.57 Å². The number of hydrogen-bond donors (Lipinski definition) is 1. The van der Waals surface area contributed by atoms with Crippen LogP contribution in [-0.4, -0.2) is 74.9 Å². The lowest BCUT2D eigenvalue weighted by atomic mass is 10.1. The number of phosphoric acid groups is 1. The molecule has 0 amide bonds. The van der Waals surface area contributed by atoms with Crippen LogP contribution in [0.2, 0.25) is 0 Å². The van der Waals surface area contributed by atoms with Crippen molar-refractivity contribution >= 4 is 19.8 Å². The molecule has 0 aliphatic rings. The van der Waals surface area contributed by atoms with Crippen LogP contribution in [0.5, 0.6) is 0 Å². The largest absolute Gasteiger partial charge is 0.472 e. The smallest absolute Gasteiger partial charge is 0.462 e. The molecule has 0 saturated heterocycles. The Morgan fingerprint density at radius 2 is 0.931 bits per heavy atom. The van der Waals surface area contributed by atoms with Crippen molar-refractivity contribution < 1.29 is 42.1 Å². The van der Waals surface area contributed by atoms with Gasteiger partial charge in [-0.2, -0.15) is 0 Å². The Morgan fingerprint density at radius 3 is 1.41 bits per heavy atom. The third kappa shape index (κ3) is 43.8. The molecule has 2 atom stereocenters. The lowest BCUT2D eigenvalue weighted by molar-refractivity contribution is -0.870. The first kappa shape index (κ1) is 56.2. The lowest BCUT2D eigenvalue weighted by Crippen LogP contribution is -2.37. The zero-order valence-electron chi connectivity index (χ0n) is 38.3. The number of quaternary nitrogens is 1. The van der Waals surface area contributed by atoms with Crippen molar-refractivity contribution in [2.24, 2.45) is 0 Å². The quantitative estimate of drug-likeness (QED) is 0.0213. The molecule has 0 aromatic heterocycles. The SMILES string of the molecule is CCCCC/C=C/C/C=C/CCCCCCCC(=O)OC[C@H](COP(=O)(O)OCC[N+](C)(C)C)OC(=O)CCCCCCCCCCC/C=C/CCCCCCCC. The summed E-state index contributed by atoms with van der Waals surface area (Å²) in [6.45, 7) is 4.39. The van der Waals surface area contributed by atoms with Gasteiger partial charge < -0.3 is 18.9 Å². The van der Waals surface area contributed by atoms with E-state index in [0.29, 0.717) is 17.4 Å². The Balaban J connectivity index is 4.32. The van der Waals surface area contributed by atoms with Crippen molar-refractivity contribution in [3.63, 3.8) is 0 Å². The summed E-state index contributed by atoms with van der Waals surface area (Å²) in [6.07, 6.45) is 46.1. The minimum atomic E-state index is -4.38. The fourth-order valence-electron chi connectivity index (χ4n) is 6.39. The number of carbonyl (C=O) groups is 2. The fraction of sp³-hybridized carbons (Fsp3) is 0.833. The van der Waals surface area contributed by atoms with Gasteiger partial charge in [-0.05, 0) is 70.6 Å². The van der Waals surface area contributed by atoms with Crippen LogP contribution >= 0.6 is 7.82 Å². The van der Waals surface area contributed by atoms with E-state index in [1.807, 2.05) is 21.1 Å². The van der Waals surface area contributed by atoms with Crippen LogP contribution in [0.1, 0.15) is 206 Å². The zero-order valence-corrected chi connectivity index (χ0v) is 39.2. The van der Waals surface area contributed by atoms with Crippen LogP contribution in [0.15, 0.2) is 36.5 Å². The molecule has 0 aliphatic carbocycles. The molecule has 1 unspecified atom stereocenters. The van der Waals surface area contributed by atoms with Crippen LogP contribution in [0, 0.1) is 0 Å². The number of rotatable bonds is 43. The summed E-state index contributed by atoms with van der Waals surface area (Å²) in [5, 5.41) is 0. The number of allylic oxidation sites excluding steroid dienone is 6. The maximum atomic E-state index is 12.7. The molecule has 1 N–H and O–H groups in total. The Labute approximate surface area is 357 Å². The van der Waals surface area contributed by atoms with E-state index >= 15 is 0 Å². The summed E-state index contributed by atoms with van der Waals surface area (Å²) >= 11 is 0. The van der Waals surface area contributed by atoms with Crippen molar-refractivity contribution in [3.8, 4) is 0 Å². The van der Waals surface area contributed by atoms with E-state index in [0.717, 1.165) is 64.2 Å². The van der Waals surface area contributed by atoms with Crippen LogP contribution in [0.4, 0.5) is 0 Å². The number of ether oxygens (including phenoxy) is 2. The van der Waals surface area contributed by atoms with Gasteiger partial charge in [0.15, 0.2) is 6.10 Å². The summed E-state index contributed by atoms with van der Waals surface area (Å²) in [5.41, 5.74) is 0. The number of likely N-dealkylation sites (N-methyl/N-ethyl adjacent to an activating group) is 1. The first-order valence-corrected chi connectivity index (χ1v) is 25.2. The van der Waals surface area contributed by atoms with Gasteiger partial charge in [0.05, 0.1) is 27.7 Å². The second-order valence-corrected chi connectivity index (χ2v) is 18.6. The molecule has 0 aliphatic heterocycles. The van der Waals surface area contributed by atoms with Crippen LogP contribution < -0.4 is 0 Å². The molecule has 0 saturated carbocycles. The monoisotopic (exact) mass is 841 g/mol. The predicted molar refractivity (Wildman–Crippen MR) is 243 cm³/mol. The summed E-state index contributed by atoms with van der Waals surface area (Å²) < 4.78 is 34.4. The molecule has 0 aromatic rings. The van der Waals surface area contributed by atoms with Gasteiger partial charge in [0, 0.05) is 12.8 Å². The normalized spacial score (nSPS) is 13.8. The van der Waals surface area contributed by atoms with Gasteiger partial charge in [0.2, 0.25) is 0 Å². The molecule has 0 fully saturated rings. The van der Waals surface area contributed by atoms with Crippen LogP contribution in [-0.2, 0) is 32.7 Å². The highest BCUT2D eigenvalue weighted by molar-refractivity contribution is 7.47. The van der Waals surface area contributed by atoms with Crippen molar-refractivity contribution in [1.29, 1.82) is 0 Å². The second-order valence-electron chi connectivity index (χ2n) is 17.1. The van der Waals surface area contributed by atoms with E-state index in [1.165, 1.54) is 109 Å². The van der Waals surface area contributed by atoms with E-state index in [1.54, 1.807) is 0 Å². The predicted octanol–water partition coefficient (Wildman–Crippen LogP) is 13.7. The molecule has 0 aromatic carbocycles. The van der Waals surface area contributed by atoms with Gasteiger partial charge in [-0.15, -0.1) is 0 Å². The summed E-state index contributed by atoms with van der Waals surface area (Å²) in [6, 6.07) is 0. The summed E-state index contributed by atoms with van der Waals surface area (Å²) in [7, 11) is 1.47. The highest BCUT2D eigenvalue weighted by atomic mass is 31.2. The Bertz CT molecular complexity index is 1090.